The fraction of sp³-hybridized carbons (Fsp3) is 0.684. The van der Waals surface area contributed by atoms with Crippen LogP contribution < -0.4 is 5.46 Å². The molecule has 0 unspecified atom stereocenters. The molecule has 0 saturated carbocycles. The van der Waals surface area contributed by atoms with Gasteiger partial charge in [0.15, 0.2) is 12.6 Å². The minimum atomic E-state index is -1.53. The molecule has 3 aliphatic heterocycles. The van der Waals surface area contributed by atoms with Gasteiger partial charge in [-0.15, -0.1) is 0 Å². The summed E-state index contributed by atoms with van der Waals surface area (Å²) in [6.45, 7) is -0.480. The molecule has 0 aromatic heterocycles. The number of ether oxygens (including phenoxy) is 4. The molecule has 3 heterocycles. The molecule has 5 N–H and O–H groups in total. The Hall–Kier alpha value is -1.16. The molecular weight excluding hydrogens is 415 g/mol. The van der Waals surface area contributed by atoms with Crippen LogP contribution in [-0.2, 0) is 28.3 Å². The molecule has 3 fully saturated rings. The maximum absolute atomic E-state index is 10.7. The van der Waals surface area contributed by atoms with Crippen LogP contribution in [0.4, 0.5) is 0 Å². The lowest BCUT2D eigenvalue weighted by Gasteiger charge is -2.48. The van der Waals surface area contributed by atoms with Crippen molar-refractivity contribution in [2.75, 3.05) is 20.3 Å². The van der Waals surface area contributed by atoms with Crippen LogP contribution in [0.25, 0.3) is 0 Å². The van der Waals surface area contributed by atoms with Crippen LogP contribution in [0.5, 0.6) is 0 Å². The highest BCUT2D eigenvalue weighted by molar-refractivity contribution is 6.61. The average Bonchev–Trinajstić information content (AvgIpc) is 2.80. The summed E-state index contributed by atoms with van der Waals surface area (Å²) in [5.74, 6) is 0. The van der Waals surface area contributed by atoms with Gasteiger partial charge in [0.05, 0.1) is 13.2 Å². The molecule has 3 saturated heterocycles. The van der Waals surface area contributed by atoms with Crippen LogP contribution >= 0.6 is 0 Å². The minimum absolute atomic E-state index is 0.0649. The highest BCUT2D eigenvalue weighted by Gasteiger charge is 2.53. The Kier molecular flexibility index (Phi) is 7.25. The van der Waals surface area contributed by atoms with Crippen LogP contribution in [0.2, 0.25) is 0 Å². The second kappa shape index (κ2) is 9.77. The number of fused-ring (bicyclic) bond motifs is 1. The van der Waals surface area contributed by atoms with E-state index in [1.165, 1.54) is 7.11 Å². The molecular formula is C19H27BO11. The number of benzene rings is 1. The first-order valence-corrected chi connectivity index (χ1v) is 10.1. The summed E-state index contributed by atoms with van der Waals surface area (Å²) in [4.78, 5) is 0. The summed E-state index contributed by atoms with van der Waals surface area (Å²) < 4.78 is 33.3. The molecule has 3 aliphatic rings. The molecule has 0 bridgehead atoms. The van der Waals surface area contributed by atoms with Crippen molar-refractivity contribution in [3.8, 4) is 0 Å². The van der Waals surface area contributed by atoms with E-state index in [9.17, 15) is 25.5 Å². The summed E-state index contributed by atoms with van der Waals surface area (Å²) in [5, 5.41) is 51.4. The van der Waals surface area contributed by atoms with Crippen LogP contribution in [0.15, 0.2) is 30.3 Å². The van der Waals surface area contributed by atoms with Gasteiger partial charge in [-0.2, -0.15) is 0 Å². The summed E-state index contributed by atoms with van der Waals surface area (Å²) in [5.41, 5.74) is 0.760. The van der Waals surface area contributed by atoms with Crippen molar-refractivity contribution in [2.45, 2.75) is 61.4 Å². The number of hydrogen-bond donors (Lipinski definition) is 5. The third-order valence-electron chi connectivity index (χ3n) is 5.75. The normalized spacial score (nSPS) is 43.5. The van der Waals surface area contributed by atoms with Crippen LogP contribution in [0.1, 0.15) is 0 Å². The molecule has 172 valence electrons. The largest absolute Gasteiger partial charge is 0.494 e. The van der Waals surface area contributed by atoms with Crippen molar-refractivity contribution in [1.29, 1.82) is 0 Å². The number of aliphatic hydroxyl groups excluding tert-OH is 5. The van der Waals surface area contributed by atoms with Gasteiger partial charge < -0.3 is 53.8 Å². The van der Waals surface area contributed by atoms with Gasteiger partial charge in [0.1, 0.15) is 48.8 Å². The molecule has 4 rings (SSSR count). The van der Waals surface area contributed by atoms with E-state index in [0.29, 0.717) is 0 Å². The van der Waals surface area contributed by atoms with Crippen molar-refractivity contribution < 1.29 is 53.8 Å². The van der Waals surface area contributed by atoms with Gasteiger partial charge in [0, 0.05) is 7.11 Å². The Bertz CT molecular complexity index is 707. The van der Waals surface area contributed by atoms with Crippen LogP contribution in [-0.4, -0.2) is 114 Å². The topological polar surface area (TPSA) is 157 Å². The number of rotatable bonds is 5. The minimum Gasteiger partial charge on any atom is -0.404 e. The smallest absolute Gasteiger partial charge is 0.404 e. The van der Waals surface area contributed by atoms with Crippen molar-refractivity contribution in [2.24, 2.45) is 0 Å². The van der Waals surface area contributed by atoms with Gasteiger partial charge in [-0.05, 0) is 5.46 Å². The number of hydrogen-bond acceptors (Lipinski definition) is 11. The summed E-state index contributed by atoms with van der Waals surface area (Å²) >= 11 is 0. The summed E-state index contributed by atoms with van der Waals surface area (Å²) in [7, 11) is 0.561. The summed E-state index contributed by atoms with van der Waals surface area (Å²) in [6, 6.07) is 9.16. The van der Waals surface area contributed by atoms with E-state index in [1.54, 1.807) is 0 Å². The van der Waals surface area contributed by atoms with Crippen molar-refractivity contribution in [3.05, 3.63) is 30.3 Å². The Morgan fingerprint density at radius 3 is 2.35 bits per heavy atom. The second-order valence-corrected chi connectivity index (χ2v) is 7.74. The van der Waals surface area contributed by atoms with Gasteiger partial charge in [-0.25, -0.2) is 0 Å². The first kappa shape index (κ1) is 23.0. The zero-order valence-electron chi connectivity index (χ0n) is 16.8. The molecule has 0 aliphatic carbocycles. The van der Waals surface area contributed by atoms with E-state index in [0.717, 1.165) is 5.46 Å². The molecule has 12 heteroatoms. The highest BCUT2D eigenvalue weighted by atomic mass is 16.7. The molecule has 1 aromatic carbocycles. The van der Waals surface area contributed by atoms with E-state index in [1.807, 2.05) is 30.3 Å². The van der Waals surface area contributed by atoms with E-state index >= 15 is 0 Å². The Balaban J connectivity index is 1.44. The Labute approximate surface area is 179 Å². The highest BCUT2D eigenvalue weighted by Crippen LogP contribution is 2.31. The molecule has 10 atom stereocenters. The maximum Gasteiger partial charge on any atom is 0.494 e. The van der Waals surface area contributed by atoms with E-state index in [4.69, 9.17) is 28.3 Å². The molecule has 0 radical (unpaired) electrons. The molecule has 11 nitrogen and oxygen atoms in total. The standard InChI is InChI=1S/C19H27BO11/c1-26-18-14(24)12(22)16(10(7-21)28-18)30-19-15(25)13(23)17-11(29-19)8-27-20(31-17)9-5-3-2-4-6-9/h2-6,10-19,21-25H,7-8H2,1H3/t10-,11-,12-,13-,14-,15-,16-,17-,18-,19+/m1/s1. The lowest BCUT2D eigenvalue weighted by molar-refractivity contribution is -0.358. The predicted octanol–water partition coefficient (Wildman–Crippen LogP) is -3.29. The second-order valence-electron chi connectivity index (χ2n) is 7.74. The average molecular weight is 442 g/mol. The molecule has 1 aromatic rings. The monoisotopic (exact) mass is 442 g/mol. The summed E-state index contributed by atoms with van der Waals surface area (Å²) in [6.07, 6.45) is -12.3. The van der Waals surface area contributed by atoms with Gasteiger partial charge in [-0.3, -0.25) is 0 Å². The van der Waals surface area contributed by atoms with E-state index in [-0.39, 0.29) is 6.61 Å². The van der Waals surface area contributed by atoms with Crippen molar-refractivity contribution >= 4 is 12.6 Å². The first-order chi connectivity index (χ1) is 14.9. The molecule has 0 spiro atoms. The van der Waals surface area contributed by atoms with Crippen LogP contribution in [0, 0.1) is 0 Å². The Morgan fingerprint density at radius 1 is 0.968 bits per heavy atom. The zero-order chi connectivity index (χ0) is 22.1. The van der Waals surface area contributed by atoms with Crippen molar-refractivity contribution in [1.82, 2.24) is 0 Å². The number of aliphatic hydroxyl groups is 5. The van der Waals surface area contributed by atoms with Gasteiger partial charge in [0.25, 0.3) is 0 Å². The fourth-order valence-electron chi connectivity index (χ4n) is 4.04. The Morgan fingerprint density at radius 2 is 1.68 bits per heavy atom. The van der Waals surface area contributed by atoms with Gasteiger partial charge in [0.2, 0.25) is 0 Å². The fourth-order valence-corrected chi connectivity index (χ4v) is 4.04. The van der Waals surface area contributed by atoms with Crippen LogP contribution in [0.3, 0.4) is 0 Å². The van der Waals surface area contributed by atoms with Crippen molar-refractivity contribution in [3.63, 3.8) is 0 Å². The first-order valence-electron chi connectivity index (χ1n) is 10.1. The maximum atomic E-state index is 10.7. The lowest BCUT2D eigenvalue weighted by atomic mass is 9.76. The quantitative estimate of drug-likeness (QED) is 0.291. The van der Waals surface area contributed by atoms with Gasteiger partial charge >= 0.3 is 7.12 Å². The zero-order valence-corrected chi connectivity index (χ0v) is 16.8. The lowest BCUT2D eigenvalue weighted by Crippen LogP contribution is -2.67. The molecule has 31 heavy (non-hydrogen) atoms. The van der Waals surface area contributed by atoms with E-state index < -0.39 is 75.1 Å². The van der Waals surface area contributed by atoms with Gasteiger partial charge in [-0.1, -0.05) is 30.3 Å². The SMILES string of the molecule is CO[C@@H]1O[C@H](CO)[C@@H](O[C@@H]2O[C@@H]3COB(c4ccccc4)O[C@H]3[C@H](O)[C@H]2O)[C@H](O)[C@H]1O. The molecule has 0 amide bonds. The third kappa shape index (κ3) is 4.52. The predicted molar refractivity (Wildman–Crippen MR) is 103 cm³/mol. The number of methoxy groups -OCH3 is 1. The van der Waals surface area contributed by atoms with E-state index in [2.05, 4.69) is 0 Å². The third-order valence-corrected chi connectivity index (χ3v) is 5.75.